The van der Waals surface area contributed by atoms with Crippen LogP contribution in [-0.2, 0) is 0 Å². The highest BCUT2D eigenvalue weighted by molar-refractivity contribution is 14.1. The molecule has 0 atom stereocenters. The zero-order chi connectivity index (χ0) is 19.6. The number of alkyl halides is 3. The van der Waals surface area contributed by atoms with Crippen molar-refractivity contribution >= 4 is 28.7 Å². The topological polar surface area (TPSA) is 0 Å². The molecule has 0 N–H and O–H groups in total. The summed E-state index contributed by atoms with van der Waals surface area (Å²) in [6.45, 7) is 0. The molecule has 0 fully saturated rings. The first-order valence-electron chi connectivity index (χ1n) is 7.84. The van der Waals surface area contributed by atoms with Crippen LogP contribution in [0.3, 0.4) is 0 Å². The van der Waals surface area contributed by atoms with Gasteiger partial charge in [0.05, 0.1) is 0 Å². The second-order valence-corrected chi connectivity index (χ2v) is 7.06. The normalized spacial score (nSPS) is 11.9. The second kappa shape index (κ2) is 7.80. The van der Waals surface area contributed by atoms with Gasteiger partial charge in [-0.3, -0.25) is 0 Å². The van der Waals surface area contributed by atoms with E-state index in [0.29, 0.717) is 11.6 Å². The van der Waals surface area contributed by atoms with E-state index >= 15 is 0 Å². The lowest BCUT2D eigenvalue weighted by Crippen LogP contribution is -2.00. The fourth-order valence-electron chi connectivity index (χ4n) is 2.59. The van der Waals surface area contributed by atoms with Crippen LogP contribution >= 0.6 is 22.6 Å². The average Bonchev–Trinajstić information content (AvgIpc) is 2.60. The third-order valence-corrected chi connectivity index (χ3v) is 4.63. The van der Waals surface area contributed by atoms with E-state index in [-0.39, 0.29) is 22.8 Å². The number of halogens is 6. The fourth-order valence-corrected chi connectivity index (χ4v) is 2.94. The Balaban J connectivity index is 1.91. The van der Waals surface area contributed by atoms with Crippen molar-refractivity contribution in [2.75, 3.05) is 0 Å². The Labute approximate surface area is 166 Å². The summed E-state index contributed by atoms with van der Waals surface area (Å²) in [5.41, 5.74) is 1.74. The van der Waals surface area contributed by atoms with Crippen molar-refractivity contribution in [1.82, 2.24) is 0 Å². The van der Waals surface area contributed by atoms with Gasteiger partial charge in [-0.1, -0.05) is 36.4 Å². The van der Waals surface area contributed by atoms with Crippen molar-refractivity contribution < 1.29 is 22.0 Å². The maximum absolute atomic E-state index is 14.6. The zero-order valence-corrected chi connectivity index (χ0v) is 15.9. The number of benzene rings is 3. The Kier molecular flexibility index (Phi) is 5.64. The number of allylic oxidation sites excluding steroid dienone is 1. The predicted molar refractivity (Wildman–Crippen MR) is 105 cm³/mol. The first-order chi connectivity index (χ1) is 12.7. The lowest BCUT2D eigenvalue weighted by atomic mass is 9.98. The molecular formula is C21H12F5I. The minimum absolute atomic E-state index is 0.0402. The summed E-state index contributed by atoms with van der Waals surface area (Å²) in [7, 11) is 0. The van der Waals surface area contributed by atoms with Gasteiger partial charge in [-0.2, -0.15) is 13.2 Å². The second-order valence-electron chi connectivity index (χ2n) is 5.81. The minimum Gasteiger partial charge on any atom is -0.206 e. The van der Waals surface area contributed by atoms with E-state index < -0.39 is 17.8 Å². The summed E-state index contributed by atoms with van der Waals surface area (Å²) in [5, 5.41) is 0. The highest BCUT2D eigenvalue weighted by Crippen LogP contribution is 2.30. The van der Waals surface area contributed by atoms with Crippen molar-refractivity contribution in [3.63, 3.8) is 0 Å². The number of hydrogen-bond acceptors (Lipinski definition) is 0. The zero-order valence-electron chi connectivity index (χ0n) is 13.7. The first kappa shape index (κ1) is 19.5. The minimum atomic E-state index is -4.53. The summed E-state index contributed by atoms with van der Waals surface area (Å²) in [6.07, 6.45) is -3.92. The lowest BCUT2D eigenvalue weighted by Gasteiger charge is -2.08. The number of hydrogen-bond donors (Lipinski definition) is 0. The molecule has 3 rings (SSSR count). The molecule has 0 nitrogen and oxygen atoms in total. The molecule has 0 saturated heterocycles. The molecule has 0 heterocycles. The monoisotopic (exact) mass is 486 g/mol. The Bertz CT molecular complexity index is 988. The van der Waals surface area contributed by atoms with Gasteiger partial charge in [-0.15, -0.1) is 0 Å². The van der Waals surface area contributed by atoms with Crippen LogP contribution in [0.4, 0.5) is 22.0 Å². The van der Waals surface area contributed by atoms with Crippen LogP contribution in [0.2, 0.25) is 0 Å². The molecule has 0 amide bonds. The summed E-state index contributed by atoms with van der Waals surface area (Å²) < 4.78 is 66.3. The van der Waals surface area contributed by atoms with Gasteiger partial charge in [0.25, 0.3) is 0 Å². The van der Waals surface area contributed by atoms with Crippen LogP contribution in [0.15, 0.2) is 66.7 Å². The van der Waals surface area contributed by atoms with E-state index in [0.717, 1.165) is 15.2 Å². The van der Waals surface area contributed by atoms with Crippen LogP contribution in [0, 0.1) is 15.2 Å². The molecular weight excluding hydrogens is 474 g/mol. The first-order valence-corrected chi connectivity index (χ1v) is 8.92. The molecule has 138 valence electrons. The maximum Gasteiger partial charge on any atom is 0.409 e. The third kappa shape index (κ3) is 4.94. The highest BCUT2D eigenvalue weighted by atomic mass is 127. The SMILES string of the molecule is Fc1cc(-c2ccc(-c3ccc(I)cc3)cc2F)ccc1/C=C/C(F)(F)F. The molecule has 0 saturated carbocycles. The van der Waals surface area contributed by atoms with Crippen LogP contribution in [-0.4, -0.2) is 6.18 Å². The van der Waals surface area contributed by atoms with Crippen LogP contribution < -0.4 is 0 Å². The van der Waals surface area contributed by atoms with Crippen LogP contribution in [0.5, 0.6) is 0 Å². The molecule has 27 heavy (non-hydrogen) atoms. The molecule has 6 heteroatoms. The largest absolute Gasteiger partial charge is 0.409 e. The summed E-state index contributed by atoms with van der Waals surface area (Å²) in [6, 6.07) is 15.8. The lowest BCUT2D eigenvalue weighted by molar-refractivity contribution is -0.0790. The molecule has 0 aliphatic rings. The van der Waals surface area contributed by atoms with Crippen molar-refractivity contribution in [1.29, 1.82) is 0 Å². The Morgan fingerprint density at radius 2 is 1.30 bits per heavy atom. The smallest absolute Gasteiger partial charge is 0.206 e. The van der Waals surface area contributed by atoms with Gasteiger partial charge >= 0.3 is 6.18 Å². The maximum atomic E-state index is 14.6. The van der Waals surface area contributed by atoms with E-state index in [9.17, 15) is 22.0 Å². The Morgan fingerprint density at radius 3 is 1.89 bits per heavy atom. The van der Waals surface area contributed by atoms with Crippen molar-refractivity contribution in [3.8, 4) is 22.3 Å². The van der Waals surface area contributed by atoms with Gasteiger partial charge in [-0.25, -0.2) is 8.78 Å². The molecule has 0 aliphatic carbocycles. The van der Waals surface area contributed by atoms with Gasteiger partial charge in [0.2, 0.25) is 0 Å². The van der Waals surface area contributed by atoms with E-state index in [1.54, 1.807) is 6.07 Å². The van der Waals surface area contributed by atoms with Gasteiger partial charge in [-0.05, 0) is 69.6 Å². The molecule has 0 radical (unpaired) electrons. The molecule has 0 aromatic heterocycles. The molecule has 3 aromatic rings. The molecule has 0 spiro atoms. The quantitative estimate of drug-likeness (QED) is 0.266. The average molecular weight is 486 g/mol. The Morgan fingerprint density at radius 1 is 0.704 bits per heavy atom. The van der Waals surface area contributed by atoms with Crippen LogP contribution in [0.25, 0.3) is 28.3 Å². The van der Waals surface area contributed by atoms with E-state index in [2.05, 4.69) is 22.6 Å². The summed E-state index contributed by atoms with van der Waals surface area (Å²) in [5.74, 6) is -1.39. The summed E-state index contributed by atoms with van der Waals surface area (Å²) in [4.78, 5) is 0. The molecule has 0 unspecified atom stereocenters. The van der Waals surface area contributed by atoms with E-state index in [1.807, 2.05) is 24.3 Å². The molecule has 0 bridgehead atoms. The van der Waals surface area contributed by atoms with E-state index in [4.69, 9.17) is 0 Å². The van der Waals surface area contributed by atoms with Gasteiger partial charge in [0, 0.05) is 20.8 Å². The molecule has 0 aliphatic heterocycles. The Hall–Kier alpha value is -2.22. The fraction of sp³-hybridized carbons (Fsp3) is 0.0476. The third-order valence-electron chi connectivity index (χ3n) is 3.91. The van der Waals surface area contributed by atoms with Crippen molar-refractivity contribution in [2.24, 2.45) is 0 Å². The number of rotatable bonds is 3. The van der Waals surface area contributed by atoms with Gasteiger partial charge in [0.1, 0.15) is 11.6 Å². The van der Waals surface area contributed by atoms with E-state index in [1.165, 1.54) is 24.3 Å². The van der Waals surface area contributed by atoms with Gasteiger partial charge < -0.3 is 0 Å². The standard InChI is InChI=1S/C21H12F5I/c22-19-12-16(2-1-14(19)9-10-21(24,25)26)18-8-5-15(11-20(18)23)13-3-6-17(27)7-4-13/h1-12H/b10-9+. The van der Waals surface area contributed by atoms with Gasteiger partial charge in [0.15, 0.2) is 0 Å². The van der Waals surface area contributed by atoms with Crippen LogP contribution in [0.1, 0.15) is 5.56 Å². The highest BCUT2D eigenvalue weighted by Gasteiger charge is 2.22. The van der Waals surface area contributed by atoms with Crippen molar-refractivity contribution in [2.45, 2.75) is 6.18 Å². The van der Waals surface area contributed by atoms with Crippen molar-refractivity contribution in [3.05, 3.63) is 87.5 Å². The predicted octanol–water partition coefficient (Wildman–Crippen LogP) is 7.48. The summed E-state index contributed by atoms with van der Waals surface area (Å²) >= 11 is 2.17. The molecule has 3 aromatic carbocycles.